The Balaban J connectivity index is 1.86. The van der Waals surface area contributed by atoms with Crippen molar-refractivity contribution in [2.75, 3.05) is 0 Å². The minimum atomic E-state index is -0.103. The molecule has 0 heterocycles. The first-order chi connectivity index (χ1) is 6.34. The van der Waals surface area contributed by atoms with Crippen LogP contribution in [0.15, 0.2) is 30.3 Å². The van der Waals surface area contributed by atoms with Crippen molar-refractivity contribution in [1.29, 1.82) is 0 Å². The molecular formula is C11H12O2. The maximum atomic E-state index is 11.2. The zero-order valence-corrected chi connectivity index (χ0v) is 7.40. The molecule has 0 bridgehead atoms. The van der Waals surface area contributed by atoms with Gasteiger partial charge in [-0.15, -0.1) is 0 Å². The lowest BCUT2D eigenvalue weighted by molar-refractivity contribution is -0.134. The Hall–Kier alpha value is -1.31. The Labute approximate surface area is 77.5 Å². The van der Waals surface area contributed by atoms with Crippen LogP contribution in [0.5, 0.6) is 5.75 Å². The fourth-order valence-electron chi connectivity index (χ4n) is 1.22. The molecule has 2 heteroatoms. The van der Waals surface area contributed by atoms with Crippen LogP contribution in [0.25, 0.3) is 0 Å². The lowest BCUT2D eigenvalue weighted by atomic mass is 10.3. The SMILES string of the molecule is O=C(CC1CC1)Oc1ccccc1. The fourth-order valence-corrected chi connectivity index (χ4v) is 1.22. The Morgan fingerprint density at radius 1 is 1.31 bits per heavy atom. The molecule has 0 amide bonds. The summed E-state index contributed by atoms with van der Waals surface area (Å²) in [5, 5.41) is 0. The maximum Gasteiger partial charge on any atom is 0.311 e. The molecule has 0 saturated heterocycles. The van der Waals surface area contributed by atoms with E-state index in [1.54, 1.807) is 12.1 Å². The number of rotatable bonds is 3. The van der Waals surface area contributed by atoms with E-state index in [0.29, 0.717) is 18.1 Å². The second-order valence-corrected chi connectivity index (χ2v) is 3.43. The van der Waals surface area contributed by atoms with E-state index in [1.807, 2.05) is 18.2 Å². The summed E-state index contributed by atoms with van der Waals surface area (Å²) in [6.07, 6.45) is 2.95. The molecule has 0 spiro atoms. The van der Waals surface area contributed by atoms with Crippen LogP contribution in [0, 0.1) is 5.92 Å². The van der Waals surface area contributed by atoms with Gasteiger partial charge in [0.2, 0.25) is 0 Å². The number of hydrogen-bond donors (Lipinski definition) is 0. The molecule has 1 aliphatic rings. The van der Waals surface area contributed by atoms with Gasteiger partial charge in [-0.2, -0.15) is 0 Å². The van der Waals surface area contributed by atoms with Gasteiger partial charge in [0.1, 0.15) is 5.75 Å². The van der Waals surface area contributed by atoms with Gasteiger partial charge in [-0.1, -0.05) is 18.2 Å². The van der Waals surface area contributed by atoms with Gasteiger partial charge in [0.25, 0.3) is 0 Å². The summed E-state index contributed by atoms with van der Waals surface area (Å²) < 4.78 is 5.13. The van der Waals surface area contributed by atoms with E-state index >= 15 is 0 Å². The zero-order chi connectivity index (χ0) is 9.10. The monoisotopic (exact) mass is 176 g/mol. The van der Waals surface area contributed by atoms with Gasteiger partial charge in [-0.3, -0.25) is 4.79 Å². The summed E-state index contributed by atoms with van der Waals surface area (Å²) in [5.74, 6) is 1.14. The first kappa shape index (κ1) is 8.30. The van der Waals surface area contributed by atoms with Crippen molar-refractivity contribution in [1.82, 2.24) is 0 Å². The molecular weight excluding hydrogens is 164 g/mol. The van der Waals surface area contributed by atoms with E-state index < -0.39 is 0 Å². The van der Waals surface area contributed by atoms with E-state index in [1.165, 1.54) is 12.8 Å². The number of carbonyl (C=O) groups is 1. The van der Waals surface area contributed by atoms with E-state index in [-0.39, 0.29) is 5.97 Å². The van der Waals surface area contributed by atoms with Crippen molar-refractivity contribution < 1.29 is 9.53 Å². The van der Waals surface area contributed by atoms with Gasteiger partial charge in [-0.25, -0.2) is 0 Å². The van der Waals surface area contributed by atoms with Crippen molar-refractivity contribution in [3.05, 3.63) is 30.3 Å². The Morgan fingerprint density at radius 3 is 2.62 bits per heavy atom. The molecule has 2 rings (SSSR count). The molecule has 0 unspecified atom stereocenters. The predicted molar refractivity (Wildman–Crippen MR) is 49.4 cm³/mol. The number of para-hydroxylation sites is 1. The van der Waals surface area contributed by atoms with Crippen LogP contribution in [-0.2, 0) is 4.79 Å². The van der Waals surface area contributed by atoms with Crippen LogP contribution < -0.4 is 4.74 Å². The normalized spacial score (nSPS) is 15.4. The highest BCUT2D eigenvalue weighted by Gasteiger charge is 2.25. The van der Waals surface area contributed by atoms with Crippen molar-refractivity contribution in [3.8, 4) is 5.75 Å². The number of benzene rings is 1. The van der Waals surface area contributed by atoms with Crippen LogP contribution >= 0.6 is 0 Å². The number of esters is 1. The standard InChI is InChI=1S/C11H12O2/c12-11(8-9-6-7-9)13-10-4-2-1-3-5-10/h1-5,9H,6-8H2. The summed E-state index contributed by atoms with van der Waals surface area (Å²) >= 11 is 0. The molecule has 1 saturated carbocycles. The molecule has 13 heavy (non-hydrogen) atoms. The van der Waals surface area contributed by atoms with E-state index in [2.05, 4.69) is 0 Å². The lowest BCUT2D eigenvalue weighted by Gasteiger charge is -2.01. The number of ether oxygens (including phenoxy) is 1. The van der Waals surface area contributed by atoms with Crippen molar-refractivity contribution in [2.45, 2.75) is 19.3 Å². The molecule has 68 valence electrons. The third kappa shape index (κ3) is 2.58. The fraction of sp³-hybridized carbons (Fsp3) is 0.364. The highest BCUT2D eigenvalue weighted by atomic mass is 16.5. The second-order valence-electron chi connectivity index (χ2n) is 3.43. The lowest BCUT2D eigenvalue weighted by Crippen LogP contribution is -2.08. The number of hydrogen-bond acceptors (Lipinski definition) is 2. The third-order valence-electron chi connectivity index (χ3n) is 2.13. The highest BCUT2D eigenvalue weighted by Crippen LogP contribution is 2.32. The molecule has 1 aromatic rings. The number of carbonyl (C=O) groups excluding carboxylic acids is 1. The zero-order valence-electron chi connectivity index (χ0n) is 7.40. The van der Waals surface area contributed by atoms with Gasteiger partial charge in [-0.05, 0) is 30.9 Å². The molecule has 2 nitrogen and oxygen atoms in total. The van der Waals surface area contributed by atoms with Gasteiger partial charge < -0.3 is 4.74 Å². The Morgan fingerprint density at radius 2 is 2.00 bits per heavy atom. The van der Waals surface area contributed by atoms with Crippen LogP contribution in [0.2, 0.25) is 0 Å². The molecule has 0 radical (unpaired) electrons. The average molecular weight is 176 g/mol. The summed E-state index contributed by atoms with van der Waals surface area (Å²) in [6.45, 7) is 0. The van der Waals surface area contributed by atoms with Gasteiger partial charge in [0.15, 0.2) is 0 Å². The Bertz CT molecular complexity index is 288. The largest absolute Gasteiger partial charge is 0.427 e. The van der Waals surface area contributed by atoms with Gasteiger partial charge >= 0.3 is 5.97 Å². The summed E-state index contributed by atoms with van der Waals surface area (Å²) in [4.78, 5) is 11.2. The van der Waals surface area contributed by atoms with Crippen LogP contribution in [0.4, 0.5) is 0 Å². The van der Waals surface area contributed by atoms with Gasteiger partial charge in [0, 0.05) is 6.42 Å². The summed E-state index contributed by atoms with van der Waals surface area (Å²) in [5.41, 5.74) is 0. The minimum absolute atomic E-state index is 0.103. The molecule has 1 aromatic carbocycles. The molecule has 1 fully saturated rings. The first-order valence-corrected chi connectivity index (χ1v) is 4.60. The molecule has 1 aliphatic carbocycles. The van der Waals surface area contributed by atoms with E-state index in [4.69, 9.17) is 4.74 Å². The van der Waals surface area contributed by atoms with Crippen LogP contribution in [0.1, 0.15) is 19.3 Å². The van der Waals surface area contributed by atoms with Crippen molar-refractivity contribution in [2.24, 2.45) is 5.92 Å². The highest BCUT2D eigenvalue weighted by molar-refractivity contribution is 5.72. The van der Waals surface area contributed by atoms with Crippen molar-refractivity contribution in [3.63, 3.8) is 0 Å². The van der Waals surface area contributed by atoms with E-state index in [0.717, 1.165) is 0 Å². The smallest absolute Gasteiger partial charge is 0.311 e. The van der Waals surface area contributed by atoms with Crippen LogP contribution in [-0.4, -0.2) is 5.97 Å². The second kappa shape index (κ2) is 3.60. The van der Waals surface area contributed by atoms with Crippen LogP contribution in [0.3, 0.4) is 0 Å². The maximum absolute atomic E-state index is 11.2. The van der Waals surface area contributed by atoms with Gasteiger partial charge in [0.05, 0.1) is 0 Å². The average Bonchev–Trinajstić information content (AvgIpc) is 2.90. The summed E-state index contributed by atoms with van der Waals surface area (Å²) in [7, 11) is 0. The molecule has 0 N–H and O–H groups in total. The molecule has 0 aliphatic heterocycles. The minimum Gasteiger partial charge on any atom is -0.427 e. The summed E-state index contributed by atoms with van der Waals surface area (Å²) in [6, 6.07) is 9.22. The quantitative estimate of drug-likeness (QED) is 0.522. The van der Waals surface area contributed by atoms with E-state index in [9.17, 15) is 4.79 Å². The van der Waals surface area contributed by atoms with Crippen molar-refractivity contribution >= 4 is 5.97 Å². The Kier molecular flexibility index (Phi) is 2.30. The predicted octanol–water partition coefficient (Wildman–Crippen LogP) is 2.39. The molecule has 0 atom stereocenters. The molecule has 0 aromatic heterocycles. The third-order valence-corrected chi connectivity index (χ3v) is 2.13. The first-order valence-electron chi connectivity index (χ1n) is 4.60. The topological polar surface area (TPSA) is 26.3 Å².